The summed E-state index contributed by atoms with van der Waals surface area (Å²) in [6.07, 6.45) is 0. The number of para-hydroxylation sites is 1. The molecule has 6 heteroatoms. The van der Waals surface area contributed by atoms with Gasteiger partial charge < -0.3 is 15.2 Å². The Morgan fingerprint density at radius 2 is 1.54 bits per heavy atom. The van der Waals surface area contributed by atoms with Crippen LogP contribution in [-0.2, 0) is 0 Å². The van der Waals surface area contributed by atoms with Gasteiger partial charge in [-0.1, -0.05) is 37.2 Å². The van der Waals surface area contributed by atoms with E-state index in [0.717, 1.165) is 16.8 Å². The number of aromatic nitrogens is 1. The molecule has 1 aromatic heterocycles. The number of hydrogen-bond donors (Lipinski definition) is 2. The van der Waals surface area contributed by atoms with Crippen LogP contribution in [0.25, 0.3) is 0 Å². The van der Waals surface area contributed by atoms with Crippen LogP contribution in [0.1, 0.15) is 57.4 Å². The second-order valence-electron chi connectivity index (χ2n) is 7.00. The topological polar surface area (TPSA) is 84.2 Å². The molecule has 2 amide bonds. The minimum atomic E-state index is -0.318. The first-order valence-corrected chi connectivity index (χ1v) is 9.10. The van der Waals surface area contributed by atoms with Gasteiger partial charge in [-0.15, -0.1) is 0 Å². The molecule has 3 rings (SSSR count). The number of rotatable bonds is 5. The maximum Gasteiger partial charge on any atom is 0.256 e. The van der Waals surface area contributed by atoms with Gasteiger partial charge in [-0.3, -0.25) is 9.59 Å². The quantitative estimate of drug-likeness (QED) is 0.661. The van der Waals surface area contributed by atoms with Crippen LogP contribution in [0.3, 0.4) is 0 Å². The zero-order valence-corrected chi connectivity index (χ0v) is 16.4. The average Bonchev–Trinajstić information content (AvgIpc) is 3.07. The maximum absolute atomic E-state index is 12.7. The van der Waals surface area contributed by atoms with Crippen molar-refractivity contribution >= 4 is 23.3 Å². The molecule has 3 aromatic rings. The van der Waals surface area contributed by atoms with Crippen molar-refractivity contribution in [3.8, 4) is 0 Å². The lowest BCUT2D eigenvalue weighted by molar-refractivity contribution is 0.101. The highest BCUT2D eigenvalue weighted by atomic mass is 16.5. The van der Waals surface area contributed by atoms with E-state index in [1.165, 1.54) is 0 Å². The fraction of sp³-hybridized carbons (Fsp3) is 0.227. The Hall–Kier alpha value is -3.41. The molecule has 0 fully saturated rings. The Kier molecular flexibility index (Phi) is 5.59. The largest absolute Gasteiger partial charge is 0.360 e. The van der Waals surface area contributed by atoms with E-state index in [-0.39, 0.29) is 11.8 Å². The first-order chi connectivity index (χ1) is 13.3. The summed E-state index contributed by atoms with van der Waals surface area (Å²) in [5.41, 5.74) is 3.85. The molecule has 0 bridgehead atoms. The summed E-state index contributed by atoms with van der Waals surface area (Å²) < 4.78 is 4.93. The minimum absolute atomic E-state index is 0.213. The summed E-state index contributed by atoms with van der Waals surface area (Å²) in [4.78, 5) is 24.9. The molecule has 0 aliphatic rings. The first kappa shape index (κ1) is 19.4. The standard InChI is InChI=1S/C22H23N3O3/c1-13(2)18-7-5-6-14(3)20(18)24-22(27)17-10-8-16(9-11-17)21(26)23-19-12-15(4)28-25-19/h5-13H,1-4H3,(H,24,27)(H,23,25,26). The fourth-order valence-electron chi connectivity index (χ4n) is 2.91. The molecule has 0 aliphatic carbocycles. The van der Waals surface area contributed by atoms with Crippen LogP contribution >= 0.6 is 0 Å². The van der Waals surface area contributed by atoms with Crippen LogP contribution in [0.15, 0.2) is 53.1 Å². The molecule has 2 aromatic carbocycles. The van der Waals surface area contributed by atoms with E-state index in [9.17, 15) is 9.59 Å². The SMILES string of the molecule is Cc1cc(NC(=O)c2ccc(C(=O)Nc3c(C)cccc3C(C)C)cc2)no1. The fourth-order valence-corrected chi connectivity index (χ4v) is 2.91. The Morgan fingerprint density at radius 1 is 0.929 bits per heavy atom. The Bertz CT molecular complexity index is 1000. The van der Waals surface area contributed by atoms with Gasteiger partial charge in [0.1, 0.15) is 5.76 Å². The molecule has 0 saturated heterocycles. The lowest BCUT2D eigenvalue weighted by Crippen LogP contribution is -2.16. The Morgan fingerprint density at radius 3 is 2.07 bits per heavy atom. The molecule has 1 heterocycles. The molecule has 144 valence electrons. The van der Waals surface area contributed by atoms with E-state index >= 15 is 0 Å². The van der Waals surface area contributed by atoms with Gasteiger partial charge in [0.25, 0.3) is 11.8 Å². The van der Waals surface area contributed by atoms with Crippen LogP contribution in [-0.4, -0.2) is 17.0 Å². The van der Waals surface area contributed by atoms with E-state index in [4.69, 9.17) is 4.52 Å². The Labute approximate surface area is 163 Å². The number of benzene rings is 2. The summed E-state index contributed by atoms with van der Waals surface area (Å²) in [5, 5.41) is 9.39. The minimum Gasteiger partial charge on any atom is -0.360 e. The highest BCUT2D eigenvalue weighted by Crippen LogP contribution is 2.27. The summed E-state index contributed by atoms with van der Waals surface area (Å²) in [6.45, 7) is 7.90. The van der Waals surface area contributed by atoms with Crippen LogP contribution in [0.2, 0.25) is 0 Å². The third-order valence-corrected chi connectivity index (χ3v) is 4.44. The summed E-state index contributed by atoms with van der Waals surface area (Å²) in [5.74, 6) is 0.724. The maximum atomic E-state index is 12.7. The van der Waals surface area contributed by atoms with E-state index < -0.39 is 0 Å². The average molecular weight is 377 g/mol. The Balaban J connectivity index is 1.73. The number of hydrogen-bond acceptors (Lipinski definition) is 4. The molecule has 0 spiro atoms. The third-order valence-electron chi connectivity index (χ3n) is 4.44. The second-order valence-corrected chi connectivity index (χ2v) is 7.00. The van der Waals surface area contributed by atoms with E-state index in [1.807, 2.05) is 25.1 Å². The summed E-state index contributed by atoms with van der Waals surface area (Å²) in [6, 6.07) is 14.1. The molecule has 0 atom stereocenters. The smallest absolute Gasteiger partial charge is 0.256 e. The number of nitrogens with one attached hydrogen (secondary N) is 2. The van der Waals surface area contributed by atoms with Gasteiger partial charge in [-0.2, -0.15) is 0 Å². The van der Waals surface area contributed by atoms with E-state index in [2.05, 4.69) is 29.6 Å². The van der Waals surface area contributed by atoms with Gasteiger partial charge in [0.05, 0.1) is 0 Å². The predicted molar refractivity (Wildman–Crippen MR) is 109 cm³/mol. The molecular weight excluding hydrogens is 354 g/mol. The van der Waals surface area contributed by atoms with Crippen molar-refractivity contribution in [3.05, 3.63) is 76.5 Å². The van der Waals surface area contributed by atoms with Crippen molar-refractivity contribution < 1.29 is 14.1 Å². The van der Waals surface area contributed by atoms with Gasteiger partial charge in [-0.25, -0.2) is 0 Å². The molecule has 0 unspecified atom stereocenters. The van der Waals surface area contributed by atoms with Crippen molar-refractivity contribution in [2.75, 3.05) is 10.6 Å². The van der Waals surface area contributed by atoms with E-state index in [1.54, 1.807) is 37.3 Å². The summed E-state index contributed by atoms with van der Waals surface area (Å²) >= 11 is 0. The lowest BCUT2D eigenvalue weighted by atomic mass is 9.98. The first-order valence-electron chi connectivity index (χ1n) is 9.10. The molecule has 0 radical (unpaired) electrons. The zero-order chi connectivity index (χ0) is 20.3. The predicted octanol–water partition coefficient (Wildman–Crippen LogP) is 4.92. The van der Waals surface area contributed by atoms with Crippen LogP contribution in [0.5, 0.6) is 0 Å². The van der Waals surface area contributed by atoms with Gasteiger partial charge >= 0.3 is 0 Å². The number of aryl methyl sites for hydroxylation is 2. The van der Waals surface area contributed by atoms with Gasteiger partial charge in [0.15, 0.2) is 5.82 Å². The lowest BCUT2D eigenvalue weighted by Gasteiger charge is -2.16. The van der Waals surface area contributed by atoms with Crippen molar-refractivity contribution in [3.63, 3.8) is 0 Å². The van der Waals surface area contributed by atoms with Crippen LogP contribution < -0.4 is 10.6 Å². The molecule has 0 saturated carbocycles. The van der Waals surface area contributed by atoms with Crippen LogP contribution in [0, 0.1) is 13.8 Å². The number of carbonyl (C=O) groups excluding carboxylic acids is 2. The highest BCUT2D eigenvalue weighted by molar-refractivity contribution is 6.07. The molecule has 2 N–H and O–H groups in total. The molecule has 6 nitrogen and oxygen atoms in total. The van der Waals surface area contributed by atoms with Crippen molar-refractivity contribution in [2.24, 2.45) is 0 Å². The second kappa shape index (κ2) is 8.08. The number of anilines is 2. The van der Waals surface area contributed by atoms with Crippen molar-refractivity contribution in [2.45, 2.75) is 33.6 Å². The molecular formula is C22H23N3O3. The monoisotopic (exact) mass is 377 g/mol. The number of amides is 2. The van der Waals surface area contributed by atoms with Crippen molar-refractivity contribution in [1.82, 2.24) is 5.16 Å². The van der Waals surface area contributed by atoms with Crippen LogP contribution in [0.4, 0.5) is 11.5 Å². The van der Waals surface area contributed by atoms with E-state index in [0.29, 0.717) is 28.6 Å². The van der Waals surface area contributed by atoms with Crippen molar-refractivity contribution in [1.29, 1.82) is 0 Å². The van der Waals surface area contributed by atoms with Gasteiger partial charge in [0.2, 0.25) is 0 Å². The number of carbonyl (C=O) groups is 2. The van der Waals surface area contributed by atoms with Gasteiger partial charge in [-0.05, 0) is 55.2 Å². The summed E-state index contributed by atoms with van der Waals surface area (Å²) in [7, 11) is 0. The molecule has 0 aliphatic heterocycles. The highest BCUT2D eigenvalue weighted by Gasteiger charge is 2.14. The normalized spacial score (nSPS) is 10.8. The zero-order valence-electron chi connectivity index (χ0n) is 16.4. The molecule has 28 heavy (non-hydrogen) atoms. The number of nitrogens with zero attached hydrogens (tertiary/aromatic N) is 1. The van der Waals surface area contributed by atoms with Gasteiger partial charge in [0, 0.05) is 22.9 Å². The third kappa shape index (κ3) is 4.28.